The van der Waals surface area contributed by atoms with E-state index in [9.17, 15) is 8.42 Å². The van der Waals surface area contributed by atoms with Crippen molar-refractivity contribution in [2.45, 2.75) is 36.1 Å². The zero-order valence-corrected chi connectivity index (χ0v) is 12.5. The number of benzene rings is 1. The molecule has 0 unspecified atom stereocenters. The van der Waals surface area contributed by atoms with E-state index in [0.29, 0.717) is 12.8 Å². The molecule has 0 aromatic heterocycles. The van der Waals surface area contributed by atoms with Gasteiger partial charge in [0.25, 0.3) is 0 Å². The maximum atomic E-state index is 12.5. The molecule has 0 aliphatic heterocycles. The van der Waals surface area contributed by atoms with Crippen LogP contribution in [0.5, 0.6) is 0 Å². The minimum absolute atomic E-state index is 0.0760. The number of rotatable bonds is 4. The summed E-state index contributed by atoms with van der Waals surface area (Å²) < 4.78 is 27.7. The van der Waals surface area contributed by atoms with Gasteiger partial charge in [0, 0.05) is 17.1 Å². The molecule has 0 atom stereocenters. The minimum atomic E-state index is -3.82. The number of halogens is 1. The Morgan fingerprint density at radius 3 is 2.60 bits per heavy atom. The molecule has 7 heteroatoms. The number of nitrogens with one attached hydrogen (secondary N) is 1. The Labute approximate surface area is 123 Å². The third-order valence-electron chi connectivity index (χ3n) is 3.66. The van der Waals surface area contributed by atoms with Gasteiger partial charge in [-0.05, 0) is 31.0 Å². The number of sulfonamides is 1. The van der Waals surface area contributed by atoms with E-state index in [0.717, 1.165) is 12.8 Å². The first kappa shape index (κ1) is 15.3. The summed E-state index contributed by atoms with van der Waals surface area (Å²) in [5.74, 6) is 0. The van der Waals surface area contributed by atoms with Crippen LogP contribution in [0.1, 0.15) is 31.2 Å². The van der Waals surface area contributed by atoms with Crippen LogP contribution in [0.4, 0.5) is 0 Å². The van der Waals surface area contributed by atoms with Crippen LogP contribution in [0.3, 0.4) is 0 Å². The maximum absolute atomic E-state index is 12.5. The van der Waals surface area contributed by atoms with E-state index in [4.69, 9.17) is 22.6 Å². The molecule has 1 aromatic rings. The van der Waals surface area contributed by atoms with E-state index in [1.165, 1.54) is 18.2 Å². The van der Waals surface area contributed by atoms with Gasteiger partial charge in [-0.3, -0.25) is 0 Å². The molecule has 0 bridgehead atoms. The standard InChI is InChI=1S/C13H16ClN3O2S/c14-11-4-3-10(8-15)12(7-11)20(18,19)17-13(9-16)5-1-2-6-13/h3-4,7,17H,1-2,5-6,9,16H2. The summed E-state index contributed by atoms with van der Waals surface area (Å²) in [7, 11) is -3.82. The normalized spacial score (nSPS) is 17.9. The number of nitriles is 1. The van der Waals surface area contributed by atoms with Crippen molar-refractivity contribution in [3.8, 4) is 6.07 Å². The third kappa shape index (κ3) is 2.96. The fourth-order valence-electron chi connectivity index (χ4n) is 2.55. The van der Waals surface area contributed by atoms with E-state index in [-0.39, 0.29) is 22.0 Å². The van der Waals surface area contributed by atoms with E-state index in [1.54, 1.807) is 0 Å². The Morgan fingerprint density at radius 1 is 1.40 bits per heavy atom. The van der Waals surface area contributed by atoms with Crippen molar-refractivity contribution in [2.24, 2.45) is 5.73 Å². The molecule has 0 spiro atoms. The molecule has 3 N–H and O–H groups in total. The van der Waals surface area contributed by atoms with Crippen molar-refractivity contribution in [3.63, 3.8) is 0 Å². The van der Waals surface area contributed by atoms with Crippen LogP contribution >= 0.6 is 11.6 Å². The average Bonchev–Trinajstić information content (AvgIpc) is 2.87. The van der Waals surface area contributed by atoms with Crippen molar-refractivity contribution in [1.82, 2.24) is 4.72 Å². The van der Waals surface area contributed by atoms with Crippen LogP contribution in [0.15, 0.2) is 23.1 Å². The van der Waals surface area contributed by atoms with Crippen molar-refractivity contribution >= 4 is 21.6 Å². The van der Waals surface area contributed by atoms with Crippen LogP contribution in [0, 0.1) is 11.3 Å². The number of nitrogens with two attached hydrogens (primary N) is 1. The predicted octanol–water partition coefficient (Wildman–Crippen LogP) is 1.76. The Bertz CT molecular complexity index is 646. The molecule has 0 saturated heterocycles. The lowest BCUT2D eigenvalue weighted by atomic mass is 10.0. The topological polar surface area (TPSA) is 96.0 Å². The number of nitrogens with zero attached hydrogens (tertiary/aromatic N) is 1. The van der Waals surface area contributed by atoms with E-state index in [2.05, 4.69) is 4.72 Å². The Hall–Kier alpha value is -1.13. The fraction of sp³-hybridized carbons (Fsp3) is 0.462. The summed E-state index contributed by atoms with van der Waals surface area (Å²) in [6.07, 6.45) is 3.32. The minimum Gasteiger partial charge on any atom is -0.329 e. The van der Waals surface area contributed by atoms with Gasteiger partial charge in [0.2, 0.25) is 10.0 Å². The largest absolute Gasteiger partial charge is 0.329 e. The molecule has 1 saturated carbocycles. The second-order valence-corrected chi connectivity index (χ2v) is 7.14. The van der Waals surface area contributed by atoms with Crippen LogP contribution < -0.4 is 10.5 Å². The van der Waals surface area contributed by atoms with Crippen molar-refractivity contribution < 1.29 is 8.42 Å². The molecule has 1 aromatic carbocycles. The molecule has 0 radical (unpaired) electrons. The summed E-state index contributed by atoms with van der Waals surface area (Å²) >= 11 is 5.84. The predicted molar refractivity (Wildman–Crippen MR) is 76.7 cm³/mol. The van der Waals surface area contributed by atoms with Crippen molar-refractivity contribution in [2.75, 3.05) is 6.54 Å². The summed E-state index contributed by atoms with van der Waals surface area (Å²) in [6.45, 7) is 0.245. The zero-order chi connectivity index (χ0) is 14.8. The van der Waals surface area contributed by atoms with Gasteiger partial charge in [0.1, 0.15) is 11.0 Å². The Kier molecular flexibility index (Phi) is 4.35. The average molecular weight is 314 g/mol. The van der Waals surface area contributed by atoms with Gasteiger partial charge in [0.15, 0.2) is 0 Å². The molecule has 1 aliphatic rings. The molecular formula is C13H16ClN3O2S. The lowest BCUT2D eigenvalue weighted by molar-refractivity contribution is 0.399. The van der Waals surface area contributed by atoms with Crippen LogP contribution in [-0.2, 0) is 10.0 Å². The highest BCUT2D eigenvalue weighted by Crippen LogP contribution is 2.31. The summed E-state index contributed by atoms with van der Waals surface area (Å²) in [4.78, 5) is -0.0905. The molecule has 108 valence electrons. The highest BCUT2D eigenvalue weighted by Gasteiger charge is 2.37. The molecule has 2 rings (SSSR count). The lowest BCUT2D eigenvalue weighted by Gasteiger charge is -2.28. The Balaban J connectivity index is 2.41. The van der Waals surface area contributed by atoms with Gasteiger partial charge in [-0.15, -0.1) is 0 Å². The molecule has 1 fully saturated rings. The number of hydrogen-bond acceptors (Lipinski definition) is 4. The van der Waals surface area contributed by atoms with E-state index >= 15 is 0 Å². The second kappa shape index (κ2) is 5.70. The van der Waals surface area contributed by atoms with Crippen LogP contribution in [-0.4, -0.2) is 20.5 Å². The lowest BCUT2D eigenvalue weighted by Crippen LogP contribution is -2.51. The highest BCUT2D eigenvalue weighted by atomic mass is 35.5. The van der Waals surface area contributed by atoms with E-state index in [1.807, 2.05) is 6.07 Å². The molecule has 20 heavy (non-hydrogen) atoms. The summed E-state index contributed by atoms with van der Waals surface area (Å²) in [5, 5.41) is 9.32. The molecule has 1 aliphatic carbocycles. The first-order valence-electron chi connectivity index (χ1n) is 6.36. The van der Waals surface area contributed by atoms with Gasteiger partial charge in [-0.2, -0.15) is 5.26 Å². The second-order valence-electron chi connectivity index (χ2n) is 5.05. The maximum Gasteiger partial charge on any atom is 0.242 e. The smallest absolute Gasteiger partial charge is 0.242 e. The van der Waals surface area contributed by atoms with Gasteiger partial charge >= 0.3 is 0 Å². The first-order valence-corrected chi connectivity index (χ1v) is 8.22. The third-order valence-corrected chi connectivity index (χ3v) is 5.51. The summed E-state index contributed by atoms with van der Waals surface area (Å²) in [6, 6.07) is 6.07. The van der Waals surface area contributed by atoms with Gasteiger partial charge in [-0.1, -0.05) is 24.4 Å². The Morgan fingerprint density at radius 2 is 2.05 bits per heavy atom. The van der Waals surface area contributed by atoms with Crippen LogP contribution in [0.25, 0.3) is 0 Å². The van der Waals surface area contributed by atoms with Crippen molar-refractivity contribution in [3.05, 3.63) is 28.8 Å². The van der Waals surface area contributed by atoms with Crippen LogP contribution in [0.2, 0.25) is 5.02 Å². The molecule has 0 amide bonds. The van der Waals surface area contributed by atoms with Crippen molar-refractivity contribution in [1.29, 1.82) is 5.26 Å². The fourth-order valence-corrected chi connectivity index (χ4v) is 4.44. The quantitative estimate of drug-likeness (QED) is 0.885. The molecular weight excluding hydrogens is 298 g/mol. The van der Waals surface area contributed by atoms with E-state index < -0.39 is 15.6 Å². The number of hydrogen-bond donors (Lipinski definition) is 2. The monoisotopic (exact) mass is 313 g/mol. The first-order chi connectivity index (χ1) is 9.42. The zero-order valence-electron chi connectivity index (χ0n) is 10.9. The SMILES string of the molecule is N#Cc1ccc(Cl)cc1S(=O)(=O)NC1(CN)CCCC1. The van der Waals surface area contributed by atoms with Gasteiger partial charge in [-0.25, -0.2) is 13.1 Å². The molecule has 5 nitrogen and oxygen atoms in total. The van der Waals surface area contributed by atoms with Gasteiger partial charge in [0.05, 0.1) is 5.56 Å². The van der Waals surface area contributed by atoms with Gasteiger partial charge < -0.3 is 5.73 Å². The highest BCUT2D eigenvalue weighted by molar-refractivity contribution is 7.89. The summed E-state index contributed by atoms with van der Waals surface area (Å²) in [5.41, 5.74) is 5.21. The molecule has 0 heterocycles.